The molecule has 4 amide bonds. The predicted molar refractivity (Wildman–Crippen MR) is 190 cm³/mol. The van der Waals surface area contributed by atoms with Crippen LogP contribution in [0.5, 0.6) is 0 Å². The van der Waals surface area contributed by atoms with Crippen LogP contribution in [0.4, 0.5) is 18.9 Å². The average Bonchev–Trinajstić information content (AvgIpc) is 3.35. The minimum atomic E-state index is -4.56. The highest BCUT2D eigenvalue weighted by Crippen LogP contribution is 2.47. The summed E-state index contributed by atoms with van der Waals surface area (Å²) < 4.78 is 40.7. The summed E-state index contributed by atoms with van der Waals surface area (Å²) in [6, 6.07) is 23.1. The highest BCUT2D eigenvalue weighted by atomic mass is 19.4. The van der Waals surface area contributed by atoms with Gasteiger partial charge in [0.2, 0.25) is 11.8 Å². The van der Waals surface area contributed by atoms with Crippen molar-refractivity contribution < 1.29 is 32.3 Å². The van der Waals surface area contributed by atoms with Crippen LogP contribution < -0.4 is 5.32 Å². The van der Waals surface area contributed by atoms with Gasteiger partial charge in [-0.25, -0.2) is 0 Å². The minimum absolute atomic E-state index is 0.0248. The van der Waals surface area contributed by atoms with Crippen molar-refractivity contribution in [2.24, 2.45) is 11.8 Å². The van der Waals surface area contributed by atoms with Crippen molar-refractivity contribution in [1.82, 2.24) is 9.80 Å². The fourth-order valence-corrected chi connectivity index (χ4v) is 8.63. The SMILES string of the molecule is Cc1cc(C)c(NC(=O)C2(N(Cc3ccc(C(F)(F)F)cc3)C(=O)CN3C(=O)c4ccccc4C3=O)CCC3Cc4ccccc4CC3C2)c(C)c1. The maximum absolute atomic E-state index is 15.1. The Balaban J connectivity index is 1.31. The second kappa shape index (κ2) is 13.4. The van der Waals surface area contributed by atoms with Crippen LogP contribution in [-0.4, -0.2) is 45.5 Å². The number of amides is 4. The molecule has 10 heteroatoms. The van der Waals surface area contributed by atoms with Gasteiger partial charge in [0, 0.05) is 12.2 Å². The Morgan fingerprint density at radius 3 is 1.96 bits per heavy atom. The van der Waals surface area contributed by atoms with E-state index < -0.39 is 47.5 Å². The molecule has 4 aromatic carbocycles. The van der Waals surface area contributed by atoms with Gasteiger partial charge in [0.15, 0.2) is 0 Å². The van der Waals surface area contributed by atoms with Crippen LogP contribution in [0.2, 0.25) is 0 Å². The first-order valence-corrected chi connectivity index (χ1v) is 17.6. The first-order chi connectivity index (χ1) is 24.7. The third kappa shape index (κ3) is 6.39. The number of fused-ring (bicyclic) bond motifs is 3. The van der Waals surface area contributed by atoms with Gasteiger partial charge in [0.1, 0.15) is 12.1 Å². The summed E-state index contributed by atoms with van der Waals surface area (Å²) in [7, 11) is 0. The lowest BCUT2D eigenvalue weighted by Gasteiger charge is -2.51. The summed E-state index contributed by atoms with van der Waals surface area (Å²) in [5.41, 5.74) is 4.32. The van der Waals surface area contributed by atoms with Crippen molar-refractivity contribution >= 4 is 29.3 Å². The zero-order valence-corrected chi connectivity index (χ0v) is 29.3. The second-order valence-corrected chi connectivity index (χ2v) is 14.6. The normalized spacial score (nSPS) is 20.9. The van der Waals surface area contributed by atoms with E-state index in [1.54, 1.807) is 12.1 Å². The number of benzene rings is 4. The molecule has 4 aromatic rings. The maximum Gasteiger partial charge on any atom is 0.416 e. The second-order valence-electron chi connectivity index (χ2n) is 14.6. The number of carbonyl (C=O) groups is 4. The van der Waals surface area contributed by atoms with Crippen LogP contribution >= 0.6 is 0 Å². The molecular weight excluding hydrogens is 667 g/mol. The monoisotopic (exact) mass is 707 g/mol. The molecule has 1 heterocycles. The van der Waals surface area contributed by atoms with Crippen molar-refractivity contribution in [2.75, 3.05) is 11.9 Å². The molecule has 3 atom stereocenters. The van der Waals surface area contributed by atoms with Crippen LogP contribution in [0, 0.1) is 32.6 Å². The zero-order chi connectivity index (χ0) is 36.9. The highest BCUT2D eigenvalue weighted by Gasteiger charge is 2.53. The molecule has 0 aromatic heterocycles. The molecule has 0 radical (unpaired) electrons. The van der Waals surface area contributed by atoms with Crippen LogP contribution in [0.3, 0.4) is 0 Å². The van der Waals surface area contributed by atoms with E-state index in [2.05, 4.69) is 17.4 Å². The van der Waals surface area contributed by atoms with Crippen LogP contribution in [0.1, 0.15) is 78.9 Å². The first kappa shape index (κ1) is 35.2. The Labute approximate surface area is 300 Å². The van der Waals surface area contributed by atoms with Crippen molar-refractivity contribution in [3.63, 3.8) is 0 Å². The van der Waals surface area contributed by atoms with E-state index in [1.165, 1.54) is 40.3 Å². The first-order valence-electron chi connectivity index (χ1n) is 17.6. The fourth-order valence-electron chi connectivity index (χ4n) is 8.63. The van der Waals surface area contributed by atoms with Gasteiger partial charge in [0.25, 0.3) is 11.8 Å². The summed E-state index contributed by atoms with van der Waals surface area (Å²) >= 11 is 0. The molecule has 0 bridgehead atoms. The average molecular weight is 708 g/mol. The number of hydrogen-bond acceptors (Lipinski definition) is 4. The number of aryl methyl sites for hydroxylation is 3. The number of imide groups is 1. The Hall–Kier alpha value is -5.25. The van der Waals surface area contributed by atoms with E-state index in [-0.39, 0.29) is 29.5 Å². The Morgan fingerprint density at radius 2 is 1.38 bits per heavy atom. The van der Waals surface area contributed by atoms with E-state index in [1.807, 2.05) is 45.0 Å². The number of nitrogens with one attached hydrogen (secondary N) is 1. The van der Waals surface area contributed by atoms with E-state index in [9.17, 15) is 27.6 Å². The van der Waals surface area contributed by atoms with Crippen molar-refractivity contribution in [3.8, 4) is 0 Å². The largest absolute Gasteiger partial charge is 0.416 e. The summed E-state index contributed by atoms with van der Waals surface area (Å²) in [6.45, 7) is 4.96. The van der Waals surface area contributed by atoms with Gasteiger partial charge in [-0.1, -0.05) is 66.2 Å². The van der Waals surface area contributed by atoms with Gasteiger partial charge in [0.05, 0.1) is 16.7 Å². The molecule has 1 N–H and O–H groups in total. The quantitative estimate of drug-likeness (QED) is 0.198. The number of anilines is 1. The molecule has 7 nitrogen and oxygen atoms in total. The molecular formula is C42H40F3N3O4. The lowest BCUT2D eigenvalue weighted by Crippen LogP contribution is -2.63. The van der Waals surface area contributed by atoms with E-state index in [0.29, 0.717) is 36.9 Å². The van der Waals surface area contributed by atoms with Gasteiger partial charge < -0.3 is 10.2 Å². The van der Waals surface area contributed by atoms with Crippen molar-refractivity contribution in [2.45, 2.75) is 71.1 Å². The number of halogens is 3. The lowest BCUT2D eigenvalue weighted by molar-refractivity contribution is -0.151. The molecule has 0 spiro atoms. The molecule has 1 fully saturated rings. The van der Waals surface area contributed by atoms with E-state index >= 15 is 4.79 Å². The summed E-state index contributed by atoms with van der Waals surface area (Å²) in [5.74, 6) is -1.98. The number of nitrogens with zero attached hydrogens (tertiary/aromatic N) is 2. The molecule has 1 saturated carbocycles. The van der Waals surface area contributed by atoms with Crippen LogP contribution in [0.15, 0.2) is 84.9 Å². The van der Waals surface area contributed by atoms with E-state index in [0.717, 1.165) is 40.1 Å². The molecule has 268 valence electrons. The van der Waals surface area contributed by atoms with Gasteiger partial charge in [-0.05, 0) is 117 Å². The standard InChI is InChI=1S/C42H40F3N3O4/c1-25-18-26(2)37(27(3)19-25)46-40(52)41(17-16-31-20-29-8-4-5-9-30(29)21-32(31)22-41)48(23-28-12-14-33(15-13-28)42(43,44)45)36(49)24-47-38(50)34-10-6-7-11-35(34)39(47)51/h4-15,18-19,31-32H,16-17,20-24H2,1-3H3,(H,46,52). The number of carbonyl (C=O) groups excluding carboxylic acids is 4. The van der Waals surface area contributed by atoms with Gasteiger partial charge >= 0.3 is 6.18 Å². The van der Waals surface area contributed by atoms with Gasteiger partial charge in [-0.15, -0.1) is 0 Å². The fraction of sp³-hybridized carbons (Fsp3) is 0.333. The Bertz CT molecular complexity index is 2030. The molecule has 3 aliphatic rings. The number of hydrogen-bond donors (Lipinski definition) is 1. The number of rotatable bonds is 7. The summed E-state index contributed by atoms with van der Waals surface area (Å²) in [6.07, 6.45) is -1.78. The third-order valence-corrected chi connectivity index (χ3v) is 11.2. The van der Waals surface area contributed by atoms with Gasteiger partial charge in [-0.2, -0.15) is 13.2 Å². The third-order valence-electron chi connectivity index (χ3n) is 11.2. The smallest absolute Gasteiger partial charge is 0.324 e. The topological polar surface area (TPSA) is 86.8 Å². The molecule has 1 aliphatic heterocycles. The molecule has 3 unspecified atom stereocenters. The van der Waals surface area contributed by atoms with Crippen LogP contribution in [0.25, 0.3) is 0 Å². The van der Waals surface area contributed by atoms with Crippen LogP contribution in [-0.2, 0) is 35.2 Å². The lowest BCUT2D eigenvalue weighted by atomic mass is 9.62. The predicted octanol–water partition coefficient (Wildman–Crippen LogP) is 7.85. The van der Waals surface area contributed by atoms with Gasteiger partial charge in [-0.3, -0.25) is 24.1 Å². The van der Waals surface area contributed by atoms with Crippen molar-refractivity contribution in [3.05, 3.63) is 135 Å². The number of alkyl halides is 3. The Kier molecular flexibility index (Phi) is 9.05. The highest BCUT2D eigenvalue weighted by molar-refractivity contribution is 6.22. The maximum atomic E-state index is 15.1. The van der Waals surface area contributed by atoms with Crippen molar-refractivity contribution in [1.29, 1.82) is 0 Å². The molecule has 0 saturated heterocycles. The summed E-state index contributed by atoms with van der Waals surface area (Å²) in [4.78, 5) is 59.1. The molecule has 7 rings (SSSR count). The Morgan fingerprint density at radius 1 is 0.827 bits per heavy atom. The van der Waals surface area contributed by atoms with E-state index in [4.69, 9.17) is 0 Å². The molecule has 2 aliphatic carbocycles. The molecule has 52 heavy (non-hydrogen) atoms. The summed E-state index contributed by atoms with van der Waals surface area (Å²) in [5, 5.41) is 3.18. The zero-order valence-electron chi connectivity index (χ0n) is 29.3. The minimum Gasteiger partial charge on any atom is -0.324 e.